The first-order valence-electron chi connectivity index (χ1n) is 7.96. The van der Waals surface area contributed by atoms with Gasteiger partial charge in [0.25, 0.3) is 0 Å². The van der Waals surface area contributed by atoms with Crippen molar-refractivity contribution in [2.24, 2.45) is 5.92 Å². The molecule has 1 heterocycles. The molecule has 0 radical (unpaired) electrons. The molecule has 1 N–H and O–H groups in total. The standard InChI is InChI=1S/C19H19FN2O2/c1-13-16(20)8-5-9-17(13)22-11-10-15(19(22)24)18(23)21-12-14-6-3-2-4-7-14/h2-9,15H,10-12H2,1H3,(H,21,23). The third kappa shape index (κ3) is 3.15. The first-order chi connectivity index (χ1) is 11.6. The number of halogens is 1. The van der Waals surface area contributed by atoms with Crippen molar-refractivity contribution in [1.82, 2.24) is 5.32 Å². The number of hydrogen-bond donors (Lipinski definition) is 1. The van der Waals surface area contributed by atoms with Crippen molar-refractivity contribution in [1.29, 1.82) is 0 Å². The second-order valence-electron chi connectivity index (χ2n) is 5.92. The quantitative estimate of drug-likeness (QED) is 0.879. The molecule has 0 bridgehead atoms. The Morgan fingerprint density at radius 2 is 1.96 bits per heavy atom. The van der Waals surface area contributed by atoms with Crippen molar-refractivity contribution >= 4 is 17.5 Å². The zero-order valence-corrected chi connectivity index (χ0v) is 13.5. The highest BCUT2D eigenvalue weighted by Gasteiger charge is 2.38. The van der Waals surface area contributed by atoms with Gasteiger partial charge in [0.15, 0.2) is 0 Å². The summed E-state index contributed by atoms with van der Waals surface area (Å²) in [7, 11) is 0. The number of carbonyl (C=O) groups is 2. The Labute approximate surface area is 140 Å². The first kappa shape index (κ1) is 16.2. The number of anilines is 1. The van der Waals surface area contributed by atoms with Gasteiger partial charge in [-0.1, -0.05) is 36.4 Å². The summed E-state index contributed by atoms with van der Waals surface area (Å²) >= 11 is 0. The SMILES string of the molecule is Cc1c(F)cccc1N1CCC(C(=O)NCc2ccccc2)C1=O. The summed E-state index contributed by atoms with van der Waals surface area (Å²) in [5.41, 5.74) is 1.95. The summed E-state index contributed by atoms with van der Waals surface area (Å²) < 4.78 is 13.7. The van der Waals surface area contributed by atoms with Crippen LogP contribution in [0.1, 0.15) is 17.5 Å². The van der Waals surface area contributed by atoms with Crippen LogP contribution in [-0.2, 0) is 16.1 Å². The zero-order chi connectivity index (χ0) is 17.1. The smallest absolute Gasteiger partial charge is 0.239 e. The van der Waals surface area contributed by atoms with E-state index in [0.717, 1.165) is 5.56 Å². The van der Waals surface area contributed by atoms with Crippen LogP contribution in [0, 0.1) is 18.7 Å². The van der Waals surface area contributed by atoms with Crippen LogP contribution in [-0.4, -0.2) is 18.4 Å². The van der Waals surface area contributed by atoms with Crippen LogP contribution < -0.4 is 10.2 Å². The third-order valence-corrected chi connectivity index (χ3v) is 4.36. The maximum Gasteiger partial charge on any atom is 0.239 e. The van der Waals surface area contributed by atoms with Crippen LogP contribution in [0.2, 0.25) is 0 Å². The molecule has 4 nitrogen and oxygen atoms in total. The summed E-state index contributed by atoms with van der Waals surface area (Å²) in [6, 6.07) is 14.2. The predicted octanol–water partition coefficient (Wildman–Crippen LogP) is 2.80. The van der Waals surface area contributed by atoms with Crippen molar-refractivity contribution in [3.05, 3.63) is 65.5 Å². The van der Waals surface area contributed by atoms with Gasteiger partial charge in [-0.3, -0.25) is 9.59 Å². The molecule has 1 unspecified atom stereocenters. The van der Waals surface area contributed by atoms with Gasteiger partial charge in [-0.05, 0) is 31.0 Å². The maximum absolute atomic E-state index is 13.7. The minimum Gasteiger partial charge on any atom is -0.351 e. The van der Waals surface area contributed by atoms with Crippen LogP contribution >= 0.6 is 0 Å². The van der Waals surface area contributed by atoms with Crippen molar-refractivity contribution in [3.8, 4) is 0 Å². The van der Waals surface area contributed by atoms with Crippen LogP contribution in [0.15, 0.2) is 48.5 Å². The van der Waals surface area contributed by atoms with E-state index in [0.29, 0.717) is 30.8 Å². The fourth-order valence-corrected chi connectivity index (χ4v) is 2.96. The van der Waals surface area contributed by atoms with Gasteiger partial charge >= 0.3 is 0 Å². The number of amides is 2. The van der Waals surface area contributed by atoms with Gasteiger partial charge in [0.1, 0.15) is 11.7 Å². The Morgan fingerprint density at radius 3 is 2.71 bits per heavy atom. The van der Waals surface area contributed by atoms with E-state index in [4.69, 9.17) is 0 Å². The van der Waals surface area contributed by atoms with Crippen LogP contribution in [0.5, 0.6) is 0 Å². The topological polar surface area (TPSA) is 49.4 Å². The lowest BCUT2D eigenvalue weighted by atomic mass is 10.1. The Bertz CT molecular complexity index is 761. The minimum atomic E-state index is -0.712. The number of nitrogens with one attached hydrogen (secondary N) is 1. The van der Waals surface area contributed by atoms with Crippen LogP contribution in [0.4, 0.5) is 10.1 Å². The van der Waals surface area contributed by atoms with Crippen LogP contribution in [0.25, 0.3) is 0 Å². The van der Waals surface area contributed by atoms with Gasteiger partial charge < -0.3 is 10.2 Å². The fraction of sp³-hybridized carbons (Fsp3) is 0.263. The maximum atomic E-state index is 13.7. The van der Waals surface area contributed by atoms with E-state index in [-0.39, 0.29) is 17.6 Å². The van der Waals surface area contributed by atoms with E-state index in [1.54, 1.807) is 19.1 Å². The van der Waals surface area contributed by atoms with E-state index in [1.165, 1.54) is 11.0 Å². The third-order valence-electron chi connectivity index (χ3n) is 4.36. The second kappa shape index (κ2) is 6.83. The van der Waals surface area contributed by atoms with Gasteiger partial charge in [-0.15, -0.1) is 0 Å². The molecule has 0 spiro atoms. The summed E-state index contributed by atoms with van der Waals surface area (Å²) in [5.74, 6) is -1.61. The molecule has 1 aliphatic rings. The molecule has 1 fully saturated rings. The molecule has 0 saturated carbocycles. The van der Waals surface area contributed by atoms with Crippen molar-refractivity contribution in [2.45, 2.75) is 19.9 Å². The molecule has 2 aromatic carbocycles. The van der Waals surface area contributed by atoms with Crippen LogP contribution in [0.3, 0.4) is 0 Å². The molecule has 3 rings (SSSR count). The molecule has 2 amide bonds. The number of benzene rings is 2. The second-order valence-corrected chi connectivity index (χ2v) is 5.92. The van der Waals surface area contributed by atoms with Crippen molar-refractivity contribution < 1.29 is 14.0 Å². The fourth-order valence-electron chi connectivity index (χ4n) is 2.96. The molecule has 1 atom stereocenters. The lowest BCUT2D eigenvalue weighted by Crippen LogP contribution is -2.36. The molecule has 2 aromatic rings. The summed E-state index contributed by atoms with van der Waals surface area (Å²) in [4.78, 5) is 26.4. The number of carbonyl (C=O) groups excluding carboxylic acids is 2. The summed E-state index contributed by atoms with van der Waals surface area (Å²) in [6.45, 7) is 2.45. The molecule has 1 saturated heterocycles. The summed E-state index contributed by atoms with van der Waals surface area (Å²) in [5, 5.41) is 2.81. The number of nitrogens with zero attached hydrogens (tertiary/aromatic N) is 1. The molecule has 0 aliphatic carbocycles. The van der Waals surface area contributed by atoms with Gasteiger partial charge in [-0.25, -0.2) is 4.39 Å². The minimum absolute atomic E-state index is 0.269. The van der Waals surface area contributed by atoms with E-state index in [2.05, 4.69) is 5.32 Å². The molecule has 124 valence electrons. The van der Waals surface area contributed by atoms with Gasteiger partial charge in [0.05, 0.1) is 0 Å². The monoisotopic (exact) mass is 326 g/mol. The Balaban J connectivity index is 1.67. The molecule has 5 heteroatoms. The molecule has 1 aliphatic heterocycles. The zero-order valence-electron chi connectivity index (χ0n) is 13.5. The Kier molecular flexibility index (Phi) is 4.60. The molecular formula is C19H19FN2O2. The Hall–Kier alpha value is -2.69. The average molecular weight is 326 g/mol. The highest BCUT2D eigenvalue weighted by Crippen LogP contribution is 2.29. The average Bonchev–Trinajstić information content (AvgIpc) is 2.98. The van der Waals surface area contributed by atoms with Gasteiger partial charge in [0.2, 0.25) is 11.8 Å². The normalized spacial score (nSPS) is 17.2. The highest BCUT2D eigenvalue weighted by molar-refractivity contribution is 6.09. The predicted molar refractivity (Wildman–Crippen MR) is 89.9 cm³/mol. The van der Waals surface area contributed by atoms with Gasteiger partial charge in [-0.2, -0.15) is 0 Å². The first-order valence-corrected chi connectivity index (χ1v) is 7.96. The Morgan fingerprint density at radius 1 is 1.21 bits per heavy atom. The van der Waals surface area contributed by atoms with E-state index >= 15 is 0 Å². The molecule has 24 heavy (non-hydrogen) atoms. The number of hydrogen-bond acceptors (Lipinski definition) is 2. The van der Waals surface area contributed by atoms with Gasteiger partial charge in [0, 0.05) is 24.3 Å². The van der Waals surface area contributed by atoms with E-state index in [1.807, 2.05) is 30.3 Å². The van der Waals surface area contributed by atoms with E-state index < -0.39 is 5.92 Å². The lowest BCUT2D eigenvalue weighted by Gasteiger charge is -2.19. The lowest BCUT2D eigenvalue weighted by molar-refractivity contribution is -0.132. The molecule has 0 aromatic heterocycles. The van der Waals surface area contributed by atoms with Crippen molar-refractivity contribution in [3.63, 3.8) is 0 Å². The number of rotatable bonds is 4. The summed E-state index contributed by atoms with van der Waals surface area (Å²) in [6.07, 6.45) is 0.440. The van der Waals surface area contributed by atoms with Crippen molar-refractivity contribution in [2.75, 3.05) is 11.4 Å². The van der Waals surface area contributed by atoms with E-state index in [9.17, 15) is 14.0 Å². The largest absolute Gasteiger partial charge is 0.351 e. The highest BCUT2D eigenvalue weighted by atomic mass is 19.1. The molecular weight excluding hydrogens is 307 g/mol.